The fraction of sp³-hybridized carbons (Fsp3) is 0.214. The number of hydrazine groups is 1. The van der Waals surface area contributed by atoms with Gasteiger partial charge >= 0.3 is 0 Å². The van der Waals surface area contributed by atoms with E-state index in [4.69, 9.17) is 10.6 Å². The molecular formula is C14H15N5O2. The first-order chi connectivity index (χ1) is 10.1. The number of fused-ring (bicyclic) bond motifs is 1. The summed E-state index contributed by atoms with van der Waals surface area (Å²) in [5.41, 5.74) is 5.03. The van der Waals surface area contributed by atoms with E-state index in [1.807, 2.05) is 19.1 Å². The van der Waals surface area contributed by atoms with Crippen LogP contribution in [0.1, 0.15) is 17.7 Å². The van der Waals surface area contributed by atoms with E-state index in [2.05, 4.69) is 20.7 Å². The Bertz CT molecular complexity index is 702. The number of benzene rings is 1. The Morgan fingerprint density at radius 2 is 2.14 bits per heavy atom. The highest BCUT2D eigenvalue weighted by atomic mass is 16.5. The van der Waals surface area contributed by atoms with Crippen molar-refractivity contribution in [3.8, 4) is 11.6 Å². The van der Waals surface area contributed by atoms with Gasteiger partial charge in [0.2, 0.25) is 17.7 Å². The van der Waals surface area contributed by atoms with E-state index in [9.17, 15) is 4.79 Å². The fourth-order valence-electron chi connectivity index (χ4n) is 2.20. The van der Waals surface area contributed by atoms with Crippen LogP contribution in [0, 0.1) is 6.92 Å². The third-order valence-electron chi connectivity index (χ3n) is 3.15. The second kappa shape index (κ2) is 5.37. The fourth-order valence-corrected chi connectivity index (χ4v) is 2.20. The minimum absolute atomic E-state index is 0.0428. The molecule has 108 valence electrons. The van der Waals surface area contributed by atoms with Crippen LogP contribution >= 0.6 is 0 Å². The van der Waals surface area contributed by atoms with E-state index >= 15 is 0 Å². The molecule has 2 heterocycles. The maximum atomic E-state index is 11.3. The van der Waals surface area contributed by atoms with Crippen LogP contribution in [0.15, 0.2) is 24.3 Å². The number of ether oxygens (including phenoxy) is 1. The summed E-state index contributed by atoms with van der Waals surface area (Å²) < 4.78 is 5.74. The number of aromatic nitrogens is 2. The molecule has 0 bridgehead atoms. The normalized spacial score (nSPS) is 13.3. The molecule has 2 aromatic rings. The third-order valence-corrected chi connectivity index (χ3v) is 3.15. The van der Waals surface area contributed by atoms with Gasteiger partial charge in [0.15, 0.2) is 0 Å². The number of nitrogen functional groups attached to an aromatic ring is 1. The number of anilines is 2. The Morgan fingerprint density at radius 3 is 2.95 bits per heavy atom. The zero-order valence-corrected chi connectivity index (χ0v) is 11.5. The lowest BCUT2D eigenvalue weighted by atomic mass is 10.0. The molecule has 0 saturated carbocycles. The molecule has 21 heavy (non-hydrogen) atoms. The summed E-state index contributed by atoms with van der Waals surface area (Å²) in [5, 5.41) is 2.83. The van der Waals surface area contributed by atoms with E-state index in [1.54, 1.807) is 12.1 Å². The molecule has 0 unspecified atom stereocenters. The van der Waals surface area contributed by atoms with E-state index < -0.39 is 0 Å². The molecule has 0 spiro atoms. The van der Waals surface area contributed by atoms with Crippen molar-refractivity contribution < 1.29 is 9.53 Å². The second-order valence-electron chi connectivity index (χ2n) is 4.78. The SMILES string of the molecule is Cc1cc(Oc2ccc3c(c2)CCC(=O)N3)nc(NN)n1. The Labute approximate surface area is 121 Å². The minimum atomic E-state index is 0.0428. The van der Waals surface area contributed by atoms with Crippen molar-refractivity contribution in [2.75, 3.05) is 10.7 Å². The molecule has 1 aromatic heterocycles. The lowest BCUT2D eigenvalue weighted by Gasteiger charge is -2.17. The van der Waals surface area contributed by atoms with Gasteiger partial charge < -0.3 is 10.1 Å². The van der Waals surface area contributed by atoms with Gasteiger partial charge in [-0.3, -0.25) is 10.2 Å². The van der Waals surface area contributed by atoms with Gasteiger partial charge in [-0.2, -0.15) is 4.98 Å². The summed E-state index contributed by atoms with van der Waals surface area (Å²) >= 11 is 0. The molecule has 0 aliphatic carbocycles. The minimum Gasteiger partial charge on any atom is -0.439 e. The van der Waals surface area contributed by atoms with E-state index in [0.717, 1.165) is 16.9 Å². The smallest absolute Gasteiger partial charge is 0.240 e. The Morgan fingerprint density at radius 1 is 1.29 bits per heavy atom. The summed E-state index contributed by atoms with van der Waals surface area (Å²) in [6.45, 7) is 1.83. The largest absolute Gasteiger partial charge is 0.439 e. The first-order valence-electron chi connectivity index (χ1n) is 6.57. The first-order valence-corrected chi connectivity index (χ1v) is 6.57. The number of hydrogen-bond acceptors (Lipinski definition) is 6. The Kier molecular flexibility index (Phi) is 3.41. The van der Waals surface area contributed by atoms with Gasteiger partial charge in [0.1, 0.15) is 5.75 Å². The molecule has 7 heteroatoms. The van der Waals surface area contributed by atoms with Crippen molar-refractivity contribution in [2.24, 2.45) is 5.84 Å². The average Bonchev–Trinajstić information content (AvgIpc) is 2.47. The van der Waals surface area contributed by atoms with E-state index in [0.29, 0.717) is 30.4 Å². The van der Waals surface area contributed by atoms with Crippen LogP contribution in [-0.4, -0.2) is 15.9 Å². The Hall–Kier alpha value is -2.67. The average molecular weight is 285 g/mol. The van der Waals surface area contributed by atoms with Crippen LogP contribution in [0.5, 0.6) is 11.6 Å². The number of hydrogen-bond donors (Lipinski definition) is 3. The maximum Gasteiger partial charge on any atom is 0.240 e. The van der Waals surface area contributed by atoms with Crippen molar-refractivity contribution in [1.29, 1.82) is 0 Å². The summed E-state index contributed by atoms with van der Waals surface area (Å²) in [4.78, 5) is 19.6. The number of carbonyl (C=O) groups is 1. The molecule has 7 nitrogen and oxygen atoms in total. The number of nitrogens with two attached hydrogens (primary N) is 1. The summed E-state index contributed by atoms with van der Waals surface area (Å²) in [6, 6.07) is 7.25. The van der Waals surface area contributed by atoms with Gasteiger partial charge in [0.05, 0.1) is 0 Å². The number of rotatable bonds is 3. The predicted octanol–water partition coefficient (Wildman–Crippen LogP) is 1.75. The number of amides is 1. The molecule has 1 aromatic carbocycles. The molecule has 0 fully saturated rings. The van der Waals surface area contributed by atoms with Gasteiger partial charge in [-0.1, -0.05) is 0 Å². The summed E-state index contributed by atoms with van der Waals surface area (Å²) in [6.07, 6.45) is 1.20. The molecule has 3 rings (SSSR count). The lowest BCUT2D eigenvalue weighted by Crippen LogP contribution is -2.18. The molecule has 0 atom stereocenters. The van der Waals surface area contributed by atoms with E-state index in [1.165, 1.54) is 0 Å². The molecular weight excluding hydrogens is 270 g/mol. The first kappa shape index (κ1) is 13.3. The zero-order chi connectivity index (χ0) is 14.8. The van der Waals surface area contributed by atoms with Gasteiger partial charge in [-0.15, -0.1) is 0 Å². The van der Waals surface area contributed by atoms with Crippen molar-refractivity contribution >= 4 is 17.5 Å². The third kappa shape index (κ3) is 2.92. The second-order valence-corrected chi connectivity index (χ2v) is 4.78. The van der Waals surface area contributed by atoms with Gasteiger partial charge in [0.25, 0.3) is 0 Å². The molecule has 0 saturated heterocycles. The van der Waals surface area contributed by atoms with Crippen molar-refractivity contribution in [1.82, 2.24) is 9.97 Å². The van der Waals surface area contributed by atoms with Gasteiger partial charge in [0, 0.05) is 23.9 Å². The Balaban J connectivity index is 1.85. The molecule has 1 amide bonds. The highest BCUT2D eigenvalue weighted by Gasteiger charge is 2.15. The highest BCUT2D eigenvalue weighted by Crippen LogP contribution is 2.29. The zero-order valence-electron chi connectivity index (χ0n) is 11.5. The quantitative estimate of drug-likeness (QED) is 0.586. The van der Waals surface area contributed by atoms with Crippen molar-refractivity contribution in [3.63, 3.8) is 0 Å². The van der Waals surface area contributed by atoms with Crippen LogP contribution < -0.4 is 21.3 Å². The van der Waals surface area contributed by atoms with Crippen LogP contribution in [0.25, 0.3) is 0 Å². The number of carbonyl (C=O) groups excluding carboxylic acids is 1. The number of nitrogens with zero attached hydrogens (tertiary/aromatic N) is 2. The van der Waals surface area contributed by atoms with Gasteiger partial charge in [-0.05, 0) is 37.1 Å². The van der Waals surface area contributed by atoms with Crippen LogP contribution in [0.2, 0.25) is 0 Å². The molecule has 1 aliphatic heterocycles. The van der Waals surface area contributed by atoms with Crippen LogP contribution in [0.3, 0.4) is 0 Å². The number of aryl methyl sites for hydroxylation is 2. The summed E-state index contributed by atoms with van der Waals surface area (Å²) in [5.74, 6) is 6.73. The summed E-state index contributed by atoms with van der Waals surface area (Å²) in [7, 11) is 0. The predicted molar refractivity (Wildman–Crippen MR) is 78.0 cm³/mol. The van der Waals surface area contributed by atoms with Crippen molar-refractivity contribution in [2.45, 2.75) is 19.8 Å². The lowest BCUT2D eigenvalue weighted by molar-refractivity contribution is -0.116. The molecule has 4 N–H and O–H groups in total. The van der Waals surface area contributed by atoms with Crippen LogP contribution in [0.4, 0.5) is 11.6 Å². The molecule has 1 aliphatic rings. The van der Waals surface area contributed by atoms with Crippen molar-refractivity contribution in [3.05, 3.63) is 35.5 Å². The topological polar surface area (TPSA) is 102 Å². The van der Waals surface area contributed by atoms with Crippen LogP contribution in [-0.2, 0) is 11.2 Å². The monoisotopic (exact) mass is 285 g/mol. The maximum absolute atomic E-state index is 11.3. The standard InChI is InChI=1S/C14H15N5O2/c1-8-6-13(18-14(16-8)19-15)21-10-3-4-11-9(7-10)2-5-12(20)17-11/h3-4,6-7H,2,5,15H2,1H3,(H,17,20)(H,16,18,19). The van der Waals surface area contributed by atoms with Gasteiger partial charge in [-0.25, -0.2) is 10.8 Å². The van der Waals surface area contributed by atoms with E-state index in [-0.39, 0.29) is 5.91 Å². The molecule has 0 radical (unpaired) electrons. The highest BCUT2D eigenvalue weighted by molar-refractivity contribution is 5.94. The number of nitrogens with one attached hydrogen (secondary N) is 2.